The third-order valence-electron chi connectivity index (χ3n) is 8.33. The van der Waals surface area contributed by atoms with E-state index in [4.69, 9.17) is 13.8 Å². The zero-order valence-corrected chi connectivity index (χ0v) is 23.0. The Bertz CT molecular complexity index is 1490. The predicted octanol–water partition coefficient (Wildman–Crippen LogP) is 5.03. The van der Waals surface area contributed by atoms with Gasteiger partial charge in [0.2, 0.25) is 11.8 Å². The number of rotatable bonds is 9. The average Bonchev–Trinajstić information content (AvgIpc) is 3.33. The second-order valence-electron chi connectivity index (χ2n) is 11.4. The molecule has 3 heterocycles. The van der Waals surface area contributed by atoms with Crippen molar-refractivity contribution in [3.05, 3.63) is 41.0 Å². The number of fused-ring (bicyclic) bond motifs is 1. The maximum atomic E-state index is 14.0. The number of aromatic nitrogens is 3. The predicted molar refractivity (Wildman–Crippen MR) is 137 cm³/mol. The SMILES string of the molecule is COCC(c1ccc2oc(C(NC(=O)c3nonc3C3CC3)C3CCC(F)(F)CC3)nc2c1)N1CC(C(F)(F)F)NC1=O. The lowest BCUT2D eigenvalue weighted by Gasteiger charge is -2.32. The summed E-state index contributed by atoms with van der Waals surface area (Å²) < 4.78 is 84.0. The maximum absolute atomic E-state index is 14.0. The van der Waals surface area contributed by atoms with Gasteiger partial charge >= 0.3 is 12.2 Å². The first-order chi connectivity index (χ1) is 20.4. The van der Waals surface area contributed by atoms with E-state index in [1.54, 1.807) is 18.2 Å². The number of methoxy groups -OCH3 is 1. The van der Waals surface area contributed by atoms with Gasteiger partial charge in [0.15, 0.2) is 11.3 Å². The van der Waals surface area contributed by atoms with Gasteiger partial charge in [0.1, 0.15) is 23.3 Å². The van der Waals surface area contributed by atoms with Crippen LogP contribution < -0.4 is 10.6 Å². The molecule has 3 atom stereocenters. The van der Waals surface area contributed by atoms with E-state index < -0.39 is 54.6 Å². The van der Waals surface area contributed by atoms with E-state index in [1.165, 1.54) is 7.11 Å². The molecule has 0 radical (unpaired) electrons. The Balaban J connectivity index is 1.29. The first-order valence-electron chi connectivity index (χ1n) is 14.0. The topological polar surface area (TPSA) is 136 Å². The molecule has 0 bridgehead atoms. The van der Waals surface area contributed by atoms with Gasteiger partial charge in [-0.05, 0) is 54.5 Å². The van der Waals surface area contributed by atoms with Crippen molar-refractivity contribution in [2.24, 2.45) is 5.92 Å². The van der Waals surface area contributed by atoms with Crippen LogP contribution in [0.5, 0.6) is 0 Å². The summed E-state index contributed by atoms with van der Waals surface area (Å²) in [7, 11) is 1.37. The standard InChI is InChI=1S/C27H29F5N6O5/c1-41-12-17(38-11-19(27(30,31)32)34-25(38)40)15-4-5-18-16(10-15)33-24(42-18)21(14-6-8-26(28,29)9-7-14)35-23(39)22-20(13-2-3-13)36-43-37-22/h4-5,10,13-14,17,19,21H,2-3,6-9,11-12H2,1H3,(H,34,40)(H,35,39). The number of nitrogens with zero attached hydrogens (tertiary/aromatic N) is 4. The van der Waals surface area contributed by atoms with Crippen LogP contribution in [0.1, 0.15) is 84.2 Å². The molecular weight excluding hydrogens is 583 g/mol. The van der Waals surface area contributed by atoms with Gasteiger partial charge in [0, 0.05) is 25.9 Å². The normalized spacial score (nSPS) is 22.5. The zero-order valence-electron chi connectivity index (χ0n) is 23.0. The highest BCUT2D eigenvalue weighted by Crippen LogP contribution is 2.43. The molecule has 2 aromatic heterocycles. The molecule has 3 amide bonds. The molecule has 2 saturated carbocycles. The zero-order chi connectivity index (χ0) is 30.5. The van der Waals surface area contributed by atoms with Crippen molar-refractivity contribution in [3.63, 3.8) is 0 Å². The lowest BCUT2D eigenvalue weighted by molar-refractivity contribution is -0.150. The molecule has 16 heteroatoms. The quantitative estimate of drug-likeness (QED) is 0.322. The van der Waals surface area contributed by atoms with Crippen LogP contribution in [0.15, 0.2) is 27.2 Å². The number of hydrogen-bond donors (Lipinski definition) is 2. The van der Waals surface area contributed by atoms with Gasteiger partial charge in [0.25, 0.3) is 5.91 Å². The van der Waals surface area contributed by atoms with E-state index in [1.807, 2.05) is 5.32 Å². The van der Waals surface area contributed by atoms with Gasteiger partial charge in [-0.2, -0.15) is 13.2 Å². The third kappa shape index (κ3) is 6.01. The number of ether oxygens (including phenoxy) is 1. The smallest absolute Gasteiger partial charge is 0.410 e. The highest BCUT2D eigenvalue weighted by Gasteiger charge is 2.49. The number of benzene rings is 1. The fourth-order valence-electron chi connectivity index (χ4n) is 5.80. The number of nitrogens with one attached hydrogen (secondary N) is 2. The summed E-state index contributed by atoms with van der Waals surface area (Å²) in [6.45, 7) is -0.684. The van der Waals surface area contributed by atoms with Crippen LogP contribution >= 0.6 is 0 Å². The van der Waals surface area contributed by atoms with E-state index >= 15 is 0 Å². The molecule has 3 aromatic rings. The average molecular weight is 613 g/mol. The minimum absolute atomic E-state index is 0.0236. The Morgan fingerprint density at radius 1 is 1.21 bits per heavy atom. The van der Waals surface area contributed by atoms with E-state index in [0.29, 0.717) is 22.4 Å². The summed E-state index contributed by atoms with van der Waals surface area (Å²) in [5.41, 5.74) is 1.53. The first kappa shape index (κ1) is 29.3. The molecular formula is C27H29F5N6O5. The fourth-order valence-corrected chi connectivity index (χ4v) is 5.80. The number of oxazole rings is 1. The Labute approximate surface area is 241 Å². The second kappa shape index (κ2) is 11.0. The van der Waals surface area contributed by atoms with Crippen molar-refractivity contribution in [1.29, 1.82) is 0 Å². The summed E-state index contributed by atoms with van der Waals surface area (Å²) in [4.78, 5) is 31.4. The molecule has 3 fully saturated rings. The van der Waals surface area contributed by atoms with Gasteiger partial charge in [-0.1, -0.05) is 11.2 Å². The molecule has 0 spiro atoms. The van der Waals surface area contributed by atoms with Gasteiger partial charge in [-0.3, -0.25) is 4.79 Å². The third-order valence-corrected chi connectivity index (χ3v) is 8.33. The molecule has 43 heavy (non-hydrogen) atoms. The summed E-state index contributed by atoms with van der Waals surface area (Å²) >= 11 is 0. The fraction of sp³-hybridized carbons (Fsp3) is 0.593. The van der Waals surface area contributed by atoms with Crippen LogP contribution in [0.2, 0.25) is 0 Å². The number of halogens is 5. The molecule has 1 saturated heterocycles. The Morgan fingerprint density at radius 3 is 2.60 bits per heavy atom. The van der Waals surface area contributed by atoms with Crippen LogP contribution in [-0.4, -0.2) is 70.5 Å². The molecule has 3 unspecified atom stereocenters. The molecule has 2 aliphatic carbocycles. The van der Waals surface area contributed by atoms with Crippen molar-refractivity contribution < 1.29 is 45.3 Å². The Hall–Kier alpha value is -3.82. The lowest BCUT2D eigenvalue weighted by atomic mass is 9.82. The van der Waals surface area contributed by atoms with E-state index in [0.717, 1.165) is 17.7 Å². The maximum Gasteiger partial charge on any atom is 0.410 e. The molecule has 3 aliphatic rings. The number of urea groups is 1. The van der Waals surface area contributed by atoms with Crippen molar-refractivity contribution in [3.8, 4) is 0 Å². The summed E-state index contributed by atoms with van der Waals surface area (Å²) in [5.74, 6) is -3.66. The molecule has 232 valence electrons. The van der Waals surface area contributed by atoms with Crippen LogP contribution in [0.4, 0.5) is 26.7 Å². The van der Waals surface area contributed by atoms with Crippen LogP contribution in [0.3, 0.4) is 0 Å². The second-order valence-corrected chi connectivity index (χ2v) is 11.4. The van der Waals surface area contributed by atoms with Crippen LogP contribution in [0.25, 0.3) is 11.1 Å². The molecule has 2 N–H and O–H groups in total. The minimum atomic E-state index is -4.61. The Kier molecular flexibility index (Phi) is 7.50. The number of hydrogen-bond acceptors (Lipinski definition) is 8. The van der Waals surface area contributed by atoms with Crippen molar-refractivity contribution in [1.82, 2.24) is 30.8 Å². The highest BCUT2D eigenvalue weighted by molar-refractivity contribution is 5.93. The minimum Gasteiger partial charge on any atom is -0.438 e. The largest absolute Gasteiger partial charge is 0.438 e. The van der Waals surface area contributed by atoms with Crippen LogP contribution in [0, 0.1) is 5.92 Å². The molecule has 1 aromatic carbocycles. The number of amides is 3. The van der Waals surface area contributed by atoms with Gasteiger partial charge < -0.3 is 24.7 Å². The number of carbonyl (C=O) groups is 2. The van der Waals surface area contributed by atoms with Gasteiger partial charge in [0.05, 0.1) is 19.2 Å². The Morgan fingerprint density at radius 2 is 1.95 bits per heavy atom. The molecule has 11 nitrogen and oxygen atoms in total. The van der Waals surface area contributed by atoms with E-state index in [-0.39, 0.29) is 49.8 Å². The summed E-state index contributed by atoms with van der Waals surface area (Å²) in [6.07, 6.45) is -3.42. The molecule has 6 rings (SSSR count). The van der Waals surface area contributed by atoms with Crippen molar-refractivity contribution >= 4 is 23.0 Å². The number of carbonyl (C=O) groups excluding carboxylic acids is 2. The van der Waals surface area contributed by atoms with Crippen molar-refractivity contribution in [2.75, 3.05) is 20.3 Å². The summed E-state index contributed by atoms with van der Waals surface area (Å²) in [6, 6.07) is 0.0748. The van der Waals surface area contributed by atoms with Gasteiger partial charge in [-0.15, -0.1) is 0 Å². The molecule has 1 aliphatic heterocycles. The van der Waals surface area contributed by atoms with E-state index in [9.17, 15) is 31.5 Å². The number of alkyl halides is 5. The van der Waals surface area contributed by atoms with Crippen molar-refractivity contribution in [2.45, 2.75) is 74.7 Å². The lowest BCUT2D eigenvalue weighted by Crippen LogP contribution is -2.40. The monoisotopic (exact) mass is 612 g/mol. The van der Waals surface area contributed by atoms with E-state index in [2.05, 4.69) is 20.6 Å². The van der Waals surface area contributed by atoms with Crippen LogP contribution in [-0.2, 0) is 4.74 Å². The highest BCUT2D eigenvalue weighted by atomic mass is 19.4. The van der Waals surface area contributed by atoms with Gasteiger partial charge in [-0.25, -0.2) is 23.2 Å². The summed E-state index contributed by atoms with van der Waals surface area (Å²) in [5, 5.41) is 12.4. The first-order valence-corrected chi connectivity index (χ1v) is 14.0.